The van der Waals surface area contributed by atoms with E-state index in [9.17, 15) is 0 Å². The van der Waals surface area contributed by atoms with Crippen LogP contribution >= 0.6 is 0 Å². The number of hydrogen-bond donors (Lipinski definition) is 0. The van der Waals surface area contributed by atoms with Gasteiger partial charge in [-0.15, -0.1) is 13.2 Å². The Balaban J connectivity index is 0.000000231. The average molecular weight is 140 g/mol. The lowest BCUT2D eigenvalue weighted by atomic mass is 10.2. The van der Waals surface area contributed by atoms with E-state index in [1.54, 1.807) is 0 Å². The Morgan fingerprint density at radius 1 is 0.600 bits per heavy atom. The molecule has 0 aromatic rings. The van der Waals surface area contributed by atoms with Crippen molar-refractivity contribution in [1.29, 1.82) is 0 Å². The topological polar surface area (TPSA) is 6.48 Å². The molecule has 0 spiro atoms. The highest BCUT2D eigenvalue weighted by Gasteiger charge is 2.21. The standard InChI is InChI=1S/C6H12N2.C2H4/c1-2-8-5-3-7(1)4-6-8;1-2/h1-6H2;1-2H2. The molecule has 2 heteroatoms. The molecule has 3 fully saturated rings. The van der Waals surface area contributed by atoms with Crippen molar-refractivity contribution in [3.63, 3.8) is 0 Å². The number of rotatable bonds is 0. The van der Waals surface area contributed by atoms with E-state index in [1.807, 2.05) is 0 Å². The number of piperazine rings is 3. The number of fused-ring (bicyclic) bond motifs is 3. The Kier molecular flexibility index (Phi) is 2.90. The van der Waals surface area contributed by atoms with E-state index in [1.165, 1.54) is 39.3 Å². The molecule has 0 radical (unpaired) electrons. The number of nitrogens with zero attached hydrogens (tertiary/aromatic N) is 2. The van der Waals surface area contributed by atoms with Gasteiger partial charge in [-0.3, -0.25) is 9.80 Å². The highest BCUT2D eigenvalue weighted by atomic mass is 15.3. The largest absolute Gasteiger partial charge is 0.300 e. The van der Waals surface area contributed by atoms with Crippen molar-refractivity contribution in [3.8, 4) is 0 Å². The van der Waals surface area contributed by atoms with Gasteiger partial charge in [-0.25, -0.2) is 0 Å². The predicted octanol–water partition coefficient (Wildman–Crippen LogP) is 0.420. The second-order valence-electron chi connectivity index (χ2n) is 2.68. The first-order chi connectivity index (χ1) is 4.95. The molecule has 0 saturated carbocycles. The molecule has 0 aromatic carbocycles. The van der Waals surface area contributed by atoms with Crippen LogP contribution in [0.4, 0.5) is 0 Å². The summed E-state index contributed by atoms with van der Waals surface area (Å²) in [6.45, 7) is 13.9. The Hall–Kier alpha value is -0.340. The molecule has 58 valence electrons. The van der Waals surface area contributed by atoms with E-state index >= 15 is 0 Å². The van der Waals surface area contributed by atoms with Gasteiger partial charge in [0, 0.05) is 39.3 Å². The fourth-order valence-corrected chi connectivity index (χ4v) is 1.52. The summed E-state index contributed by atoms with van der Waals surface area (Å²) in [5.74, 6) is 0. The molecule has 3 rings (SSSR count). The van der Waals surface area contributed by atoms with E-state index in [0.29, 0.717) is 0 Å². The van der Waals surface area contributed by atoms with Crippen LogP contribution < -0.4 is 0 Å². The molecular weight excluding hydrogens is 124 g/mol. The van der Waals surface area contributed by atoms with Gasteiger partial charge in [-0.2, -0.15) is 0 Å². The number of hydrogen-bond acceptors (Lipinski definition) is 2. The molecule has 2 bridgehead atoms. The van der Waals surface area contributed by atoms with Gasteiger partial charge in [-0.1, -0.05) is 0 Å². The minimum Gasteiger partial charge on any atom is -0.300 e. The van der Waals surface area contributed by atoms with Crippen LogP contribution in [0.15, 0.2) is 13.2 Å². The van der Waals surface area contributed by atoms with Crippen LogP contribution in [0.5, 0.6) is 0 Å². The van der Waals surface area contributed by atoms with Gasteiger partial charge in [0.05, 0.1) is 0 Å². The summed E-state index contributed by atoms with van der Waals surface area (Å²) >= 11 is 0. The SMILES string of the molecule is C1CN2CCN1CC2.C=C. The highest BCUT2D eigenvalue weighted by Crippen LogP contribution is 2.06. The zero-order valence-corrected chi connectivity index (χ0v) is 6.55. The molecule has 0 N–H and O–H groups in total. The van der Waals surface area contributed by atoms with Crippen LogP contribution in [0.1, 0.15) is 0 Å². The smallest absolute Gasteiger partial charge is 0.0110 e. The van der Waals surface area contributed by atoms with Crippen LogP contribution in [0.2, 0.25) is 0 Å². The van der Waals surface area contributed by atoms with E-state index in [2.05, 4.69) is 23.0 Å². The normalized spacial score (nSPS) is 36.4. The first-order valence-electron chi connectivity index (χ1n) is 3.90. The van der Waals surface area contributed by atoms with Crippen molar-refractivity contribution < 1.29 is 0 Å². The maximum absolute atomic E-state index is 3.00. The summed E-state index contributed by atoms with van der Waals surface area (Å²) in [5, 5.41) is 0. The molecule has 10 heavy (non-hydrogen) atoms. The van der Waals surface area contributed by atoms with Crippen LogP contribution in [-0.4, -0.2) is 49.1 Å². The van der Waals surface area contributed by atoms with Crippen LogP contribution in [-0.2, 0) is 0 Å². The van der Waals surface area contributed by atoms with E-state index in [4.69, 9.17) is 0 Å². The molecular formula is C8H16N2. The van der Waals surface area contributed by atoms with Crippen molar-refractivity contribution >= 4 is 0 Å². The molecule has 0 aromatic heterocycles. The second kappa shape index (κ2) is 3.74. The minimum atomic E-state index is 1.32. The molecule has 3 aliphatic heterocycles. The zero-order valence-electron chi connectivity index (χ0n) is 6.55. The lowest BCUT2D eigenvalue weighted by molar-refractivity contribution is 0.0647. The van der Waals surface area contributed by atoms with Crippen molar-refractivity contribution in [2.24, 2.45) is 0 Å². The molecule has 3 saturated heterocycles. The molecule has 3 heterocycles. The lowest BCUT2D eigenvalue weighted by Gasteiger charge is -2.41. The summed E-state index contributed by atoms with van der Waals surface area (Å²) < 4.78 is 0. The van der Waals surface area contributed by atoms with Gasteiger partial charge >= 0.3 is 0 Å². The maximum atomic E-state index is 3.00. The van der Waals surface area contributed by atoms with E-state index in [-0.39, 0.29) is 0 Å². The van der Waals surface area contributed by atoms with Crippen LogP contribution in [0, 0.1) is 0 Å². The monoisotopic (exact) mass is 140 g/mol. The van der Waals surface area contributed by atoms with Gasteiger partial charge in [0.25, 0.3) is 0 Å². The molecule has 3 aliphatic rings. The third kappa shape index (κ3) is 1.58. The highest BCUT2D eigenvalue weighted by molar-refractivity contribution is 4.78. The summed E-state index contributed by atoms with van der Waals surface area (Å²) in [5.41, 5.74) is 0. The van der Waals surface area contributed by atoms with Crippen molar-refractivity contribution in [2.45, 2.75) is 0 Å². The zero-order chi connectivity index (χ0) is 7.40. The average Bonchev–Trinajstić information content (AvgIpc) is 2.11. The fourth-order valence-electron chi connectivity index (χ4n) is 1.52. The predicted molar refractivity (Wildman–Crippen MR) is 44.1 cm³/mol. The Labute approximate surface area is 63.1 Å². The first-order valence-corrected chi connectivity index (χ1v) is 3.90. The minimum absolute atomic E-state index is 1.32. The third-order valence-electron chi connectivity index (χ3n) is 2.20. The second-order valence-corrected chi connectivity index (χ2v) is 2.68. The van der Waals surface area contributed by atoms with Gasteiger partial charge in [0.1, 0.15) is 0 Å². The Morgan fingerprint density at radius 2 is 0.800 bits per heavy atom. The summed E-state index contributed by atoms with van der Waals surface area (Å²) in [4.78, 5) is 5.08. The van der Waals surface area contributed by atoms with Gasteiger partial charge < -0.3 is 0 Å². The quantitative estimate of drug-likeness (QED) is 0.450. The maximum Gasteiger partial charge on any atom is 0.0110 e. The Bertz CT molecular complexity index is 72.4. The van der Waals surface area contributed by atoms with Gasteiger partial charge in [-0.05, 0) is 0 Å². The lowest BCUT2D eigenvalue weighted by Crippen LogP contribution is -2.55. The fraction of sp³-hybridized carbons (Fsp3) is 0.750. The van der Waals surface area contributed by atoms with Crippen molar-refractivity contribution in [2.75, 3.05) is 39.3 Å². The van der Waals surface area contributed by atoms with Crippen LogP contribution in [0.3, 0.4) is 0 Å². The summed E-state index contributed by atoms with van der Waals surface area (Å²) in [7, 11) is 0. The van der Waals surface area contributed by atoms with Gasteiger partial charge in [0.2, 0.25) is 0 Å². The summed E-state index contributed by atoms with van der Waals surface area (Å²) in [6.07, 6.45) is 0. The molecule has 0 atom stereocenters. The Morgan fingerprint density at radius 3 is 0.900 bits per heavy atom. The molecule has 2 nitrogen and oxygen atoms in total. The van der Waals surface area contributed by atoms with Crippen molar-refractivity contribution in [3.05, 3.63) is 13.2 Å². The van der Waals surface area contributed by atoms with Crippen LogP contribution in [0.25, 0.3) is 0 Å². The third-order valence-corrected chi connectivity index (χ3v) is 2.20. The van der Waals surface area contributed by atoms with Gasteiger partial charge in [0.15, 0.2) is 0 Å². The molecule has 0 amide bonds. The summed E-state index contributed by atoms with van der Waals surface area (Å²) in [6, 6.07) is 0. The molecule has 0 aliphatic carbocycles. The first kappa shape index (κ1) is 7.76. The van der Waals surface area contributed by atoms with E-state index < -0.39 is 0 Å². The van der Waals surface area contributed by atoms with Crippen molar-refractivity contribution in [1.82, 2.24) is 9.80 Å². The van der Waals surface area contributed by atoms with E-state index in [0.717, 1.165) is 0 Å². The molecule has 0 unspecified atom stereocenters.